The number of carbonyl (C=O) groups excluding carboxylic acids is 1. The number of hydrogen-bond donors (Lipinski definition) is 1. The fourth-order valence-corrected chi connectivity index (χ4v) is 5.79. The van der Waals surface area contributed by atoms with Gasteiger partial charge in [-0.25, -0.2) is 0 Å². The van der Waals surface area contributed by atoms with Crippen molar-refractivity contribution in [1.29, 1.82) is 0 Å². The number of aromatic amines is 1. The monoisotopic (exact) mass is 451 g/mol. The number of para-hydroxylation sites is 1. The van der Waals surface area contributed by atoms with Gasteiger partial charge in [0.25, 0.3) is 0 Å². The third-order valence-corrected chi connectivity index (χ3v) is 7.24. The van der Waals surface area contributed by atoms with Crippen LogP contribution in [0.5, 0.6) is 17.2 Å². The SMILES string of the molecule is CCOC(=O)c1[nH]c2ccccc2c1[Se](=O)c1cc(OC)c(OC)c(OC)c1. The minimum atomic E-state index is -2.89. The van der Waals surface area contributed by atoms with Crippen LogP contribution in [-0.4, -0.2) is 52.7 Å². The molecule has 2 aromatic carbocycles. The number of esters is 1. The summed E-state index contributed by atoms with van der Waals surface area (Å²) in [5.74, 6) is 0.681. The van der Waals surface area contributed by atoms with Gasteiger partial charge in [-0.3, -0.25) is 0 Å². The summed E-state index contributed by atoms with van der Waals surface area (Å²) in [6.45, 7) is 1.95. The molecule has 8 heteroatoms. The number of aromatic nitrogens is 1. The molecule has 0 bridgehead atoms. The van der Waals surface area contributed by atoms with Gasteiger partial charge in [0.1, 0.15) is 0 Å². The second-order valence-corrected chi connectivity index (χ2v) is 8.70. The Morgan fingerprint density at radius 3 is 2.25 bits per heavy atom. The molecule has 0 aliphatic heterocycles. The van der Waals surface area contributed by atoms with E-state index < -0.39 is 19.8 Å². The van der Waals surface area contributed by atoms with Crippen molar-refractivity contribution in [2.24, 2.45) is 0 Å². The number of benzene rings is 2. The Balaban J connectivity index is 2.21. The fourth-order valence-electron chi connectivity index (χ4n) is 2.94. The first-order valence-corrected chi connectivity index (χ1v) is 11.0. The summed E-state index contributed by atoms with van der Waals surface area (Å²) in [5.41, 5.74) is 0.925. The zero-order chi connectivity index (χ0) is 20.3. The molecule has 1 heterocycles. The number of methoxy groups -OCH3 is 3. The van der Waals surface area contributed by atoms with Gasteiger partial charge in [-0.2, -0.15) is 0 Å². The summed E-state index contributed by atoms with van der Waals surface area (Å²) in [4.78, 5) is 15.5. The summed E-state index contributed by atoms with van der Waals surface area (Å²) < 4.78 is 35.8. The van der Waals surface area contributed by atoms with Crippen molar-refractivity contribution < 1.29 is 27.6 Å². The average molecular weight is 450 g/mol. The Morgan fingerprint density at radius 1 is 1.04 bits per heavy atom. The van der Waals surface area contributed by atoms with Crippen molar-refractivity contribution in [2.75, 3.05) is 27.9 Å². The molecular formula is C20H21NO6Se. The van der Waals surface area contributed by atoms with Crippen molar-refractivity contribution in [3.05, 3.63) is 42.1 Å². The molecule has 0 saturated heterocycles. The first-order valence-electron chi connectivity index (χ1n) is 8.55. The van der Waals surface area contributed by atoms with Crippen molar-refractivity contribution >= 4 is 39.6 Å². The van der Waals surface area contributed by atoms with E-state index in [0.29, 0.717) is 26.2 Å². The number of carbonyl (C=O) groups is 1. The van der Waals surface area contributed by atoms with E-state index in [1.54, 1.807) is 19.1 Å². The quantitative estimate of drug-likeness (QED) is 0.437. The molecule has 0 aliphatic carbocycles. The molecule has 0 radical (unpaired) electrons. The van der Waals surface area contributed by atoms with E-state index in [-0.39, 0.29) is 12.3 Å². The molecule has 28 heavy (non-hydrogen) atoms. The summed E-state index contributed by atoms with van der Waals surface area (Å²) in [6, 6.07) is 10.6. The molecule has 7 nitrogen and oxygen atoms in total. The van der Waals surface area contributed by atoms with E-state index >= 15 is 0 Å². The predicted molar refractivity (Wildman–Crippen MR) is 106 cm³/mol. The maximum absolute atomic E-state index is 13.6. The molecule has 0 aliphatic rings. The summed E-state index contributed by atoms with van der Waals surface area (Å²) in [7, 11) is 4.50. The number of nitrogens with one attached hydrogen (secondary N) is 1. The van der Waals surface area contributed by atoms with Crippen LogP contribution >= 0.6 is 0 Å². The summed E-state index contributed by atoms with van der Waals surface area (Å²) >= 11 is -2.89. The van der Waals surface area contributed by atoms with Crippen LogP contribution in [0.4, 0.5) is 0 Å². The van der Waals surface area contributed by atoms with Gasteiger partial charge >= 0.3 is 166 Å². The van der Waals surface area contributed by atoms with Crippen LogP contribution in [0.3, 0.4) is 0 Å². The van der Waals surface area contributed by atoms with E-state index in [2.05, 4.69) is 4.98 Å². The molecule has 3 rings (SSSR count). The number of ether oxygens (including phenoxy) is 4. The van der Waals surface area contributed by atoms with Crippen molar-refractivity contribution in [2.45, 2.75) is 6.92 Å². The Morgan fingerprint density at radius 2 is 1.68 bits per heavy atom. The number of fused-ring (bicyclic) bond motifs is 1. The van der Waals surface area contributed by atoms with E-state index in [0.717, 1.165) is 10.9 Å². The zero-order valence-corrected chi connectivity index (χ0v) is 17.7. The zero-order valence-electron chi connectivity index (χ0n) is 16.0. The second kappa shape index (κ2) is 8.46. The van der Waals surface area contributed by atoms with E-state index in [1.807, 2.05) is 24.3 Å². The first-order chi connectivity index (χ1) is 13.5. The Kier molecular flexibility index (Phi) is 6.02. The Bertz CT molecular complexity index is 1020. The van der Waals surface area contributed by atoms with Crippen LogP contribution in [0.2, 0.25) is 0 Å². The van der Waals surface area contributed by atoms with Crippen LogP contribution in [0.15, 0.2) is 36.4 Å². The molecule has 1 N–H and O–H groups in total. The van der Waals surface area contributed by atoms with Gasteiger partial charge in [0.2, 0.25) is 0 Å². The maximum atomic E-state index is 13.6. The van der Waals surface area contributed by atoms with Gasteiger partial charge in [-0.15, -0.1) is 0 Å². The van der Waals surface area contributed by atoms with Crippen molar-refractivity contribution in [3.8, 4) is 17.2 Å². The normalized spacial score (nSPS) is 11.9. The first kappa shape index (κ1) is 19.9. The van der Waals surface area contributed by atoms with E-state index in [1.165, 1.54) is 21.3 Å². The molecule has 148 valence electrons. The molecule has 3 aromatic rings. The van der Waals surface area contributed by atoms with Crippen LogP contribution in [0.1, 0.15) is 17.4 Å². The number of rotatable bonds is 7. The molecule has 0 saturated carbocycles. The predicted octanol–water partition coefficient (Wildman–Crippen LogP) is 1.91. The third-order valence-electron chi connectivity index (χ3n) is 4.18. The number of H-pyrrole nitrogens is 1. The van der Waals surface area contributed by atoms with Crippen LogP contribution < -0.4 is 23.1 Å². The Hall–Kier alpha value is -2.83. The van der Waals surface area contributed by atoms with Gasteiger partial charge in [0.05, 0.1) is 0 Å². The van der Waals surface area contributed by atoms with Gasteiger partial charge in [0, 0.05) is 0 Å². The van der Waals surface area contributed by atoms with Gasteiger partial charge in [-0.1, -0.05) is 0 Å². The fraction of sp³-hybridized carbons (Fsp3) is 0.250. The van der Waals surface area contributed by atoms with E-state index in [9.17, 15) is 8.63 Å². The second-order valence-electron chi connectivity index (χ2n) is 5.72. The molecule has 0 amide bonds. The molecule has 0 fully saturated rings. The summed E-state index contributed by atoms with van der Waals surface area (Å²) in [5, 5.41) is 0.722. The molecule has 1 unspecified atom stereocenters. The van der Waals surface area contributed by atoms with Crippen LogP contribution in [0.25, 0.3) is 10.9 Å². The molecular weight excluding hydrogens is 429 g/mol. The molecule has 0 spiro atoms. The van der Waals surface area contributed by atoms with Crippen LogP contribution in [0, 0.1) is 0 Å². The van der Waals surface area contributed by atoms with Gasteiger partial charge in [-0.05, 0) is 0 Å². The molecule has 1 atom stereocenters. The molecule has 1 aromatic heterocycles. The summed E-state index contributed by atoms with van der Waals surface area (Å²) in [6.07, 6.45) is 0. The van der Waals surface area contributed by atoms with Crippen molar-refractivity contribution in [1.82, 2.24) is 4.98 Å². The third kappa shape index (κ3) is 3.48. The Labute approximate surface area is 166 Å². The standard InChI is InChI=1S/C20H21NO6Se/c1-5-27-20(22)17-19(13-8-6-7-9-14(13)21-17)28(23)12-10-15(24-2)18(26-4)16(11-12)25-3/h6-11,21H,5H2,1-4H3. The topological polar surface area (TPSA) is 86.9 Å². The van der Waals surface area contributed by atoms with Crippen molar-refractivity contribution in [3.63, 3.8) is 0 Å². The number of hydrogen-bond acceptors (Lipinski definition) is 6. The van der Waals surface area contributed by atoms with Gasteiger partial charge in [0.15, 0.2) is 0 Å². The van der Waals surface area contributed by atoms with E-state index in [4.69, 9.17) is 18.9 Å². The average Bonchev–Trinajstić information content (AvgIpc) is 3.11. The van der Waals surface area contributed by atoms with Crippen LogP contribution in [-0.2, 0) is 8.57 Å². The van der Waals surface area contributed by atoms with Gasteiger partial charge < -0.3 is 0 Å². The minimum absolute atomic E-state index is 0.205.